The summed E-state index contributed by atoms with van der Waals surface area (Å²) < 4.78 is 5.58. The van der Waals surface area contributed by atoms with Gasteiger partial charge in [0.1, 0.15) is 11.4 Å². The Hall–Kier alpha value is -3.19. The Morgan fingerprint density at radius 2 is 1.85 bits per heavy atom. The number of benzene rings is 2. The molecule has 2 fully saturated rings. The second kappa shape index (κ2) is 11.0. The van der Waals surface area contributed by atoms with Gasteiger partial charge in [-0.05, 0) is 87.0 Å². The van der Waals surface area contributed by atoms with Gasteiger partial charge in [0, 0.05) is 20.1 Å². The summed E-state index contributed by atoms with van der Waals surface area (Å²) in [5, 5.41) is 6.10. The van der Waals surface area contributed by atoms with E-state index in [2.05, 4.69) is 52.9 Å². The fraction of sp³-hybridized carbons (Fsp3) is 0.545. The van der Waals surface area contributed by atoms with E-state index >= 15 is 0 Å². The number of rotatable bonds is 12. The second-order valence-corrected chi connectivity index (χ2v) is 12.6. The van der Waals surface area contributed by atoms with Crippen molar-refractivity contribution in [2.45, 2.75) is 83.1 Å². The van der Waals surface area contributed by atoms with Crippen molar-refractivity contribution in [2.24, 2.45) is 11.3 Å². The molecule has 0 bridgehead atoms. The summed E-state index contributed by atoms with van der Waals surface area (Å²) in [4.78, 5) is 35.6. The van der Waals surface area contributed by atoms with Crippen molar-refractivity contribution < 1.29 is 14.3 Å². The fourth-order valence-electron chi connectivity index (χ4n) is 6.31. The lowest BCUT2D eigenvalue weighted by atomic mass is 9.70. The van der Waals surface area contributed by atoms with E-state index in [1.165, 1.54) is 18.4 Å². The summed E-state index contributed by atoms with van der Waals surface area (Å²) in [6.07, 6.45) is 6.24. The Morgan fingerprint density at radius 1 is 1.12 bits per heavy atom. The first-order chi connectivity index (χ1) is 19.1. The van der Waals surface area contributed by atoms with Gasteiger partial charge in [-0.15, -0.1) is 0 Å². The number of ether oxygens (including phenoxy) is 1. The van der Waals surface area contributed by atoms with Gasteiger partial charge in [-0.1, -0.05) is 49.7 Å². The van der Waals surface area contributed by atoms with Gasteiger partial charge >= 0.3 is 0 Å². The lowest BCUT2D eigenvalue weighted by Gasteiger charge is -2.44. The van der Waals surface area contributed by atoms with E-state index in [0.717, 1.165) is 48.1 Å². The van der Waals surface area contributed by atoms with Crippen LogP contribution in [0.15, 0.2) is 48.5 Å². The van der Waals surface area contributed by atoms with E-state index in [1.54, 1.807) is 7.11 Å². The first-order valence-electron chi connectivity index (χ1n) is 14.8. The van der Waals surface area contributed by atoms with Crippen LogP contribution in [0.4, 0.5) is 0 Å². The summed E-state index contributed by atoms with van der Waals surface area (Å²) in [5.74, 6) is 1.14. The van der Waals surface area contributed by atoms with Crippen molar-refractivity contribution in [3.8, 4) is 0 Å². The zero-order valence-electron chi connectivity index (χ0n) is 24.6. The summed E-state index contributed by atoms with van der Waals surface area (Å²) in [6.45, 7) is 8.73. The number of amides is 2. The predicted octanol–water partition coefficient (Wildman–Crippen LogP) is 5.40. The molecule has 5 rings (SSSR count). The molecule has 2 amide bonds. The molecule has 3 aromatic rings. The van der Waals surface area contributed by atoms with Crippen molar-refractivity contribution >= 4 is 22.8 Å². The van der Waals surface area contributed by atoms with Crippen LogP contribution in [0.2, 0.25) is 0 Å². The number of methoxy groups -OCH3 is 1. The van der Waals surface area contributed by atoms with Crippen LogP contribution in [0.1, 0.15) is 82.7 Å². The number of hydrogen-bond acceptors (Lipinski definition) is 4. The third-order valence-corrected chi connectivity index (χ3v) is 9.69. The van der Waals surface area contributed by atoms with Crippen LogP contribution in [-0.4, -0.2) is 47.6 Å². The van der Waals surface area contributed by atoms with Gasteiger partial charge in [-0.25, -0.2) is 4.98 Å². The van der Waals surface area contributed by atoms with Crippen molar-refractivity contribution in [1.29, 1.82) is 0 Å². The number of H-pyrrole nitrogens is 1. The van der Waals surface area contributed by atoms with E-state index in [1.807, 2.05) is 39.0 Å². The largest absolute Gasteiger partial charge is 0.383 e. The molecule has 1 heterocycles. The average molecular weight is 545 g/mol. The highest BCUT2D eigenvalue weighted by Gasteiger charge is 2.48. The maximum Gasteiger partial charge on any atom is 0.245 e. The van der Waals surface area contributed by atoms with Crippen molar-refractivity contribution in [3.63, 3.8) is 0 Å². The molecule has 2 aliphatic carbocycles. The number of aromatic amines is 1. The topological polar surface area (TPSA) is 96.1 Å². The number of likely N-dealkylation sites (N-methyl/N-ethyl adjacent to an activating group) is 1. The number of imidazole rings is 1. The molecule has 0 radical (unpaired) electrons. The molecule has 7 heteroatoms. The van der Waals surface area contributed by atoms with Crippen LogP contribution < -0.4 is 10.6 Å². The molecule has 0 saturated heterocycles. The minimum absolute atomic E-state index is 0.122. The number of nitrogens with zero attached hydrogens (tertiary/aromatic N) is 1. The van der Waals surface area contributed by atoms with Crippen molar-refractivity contribution in [1.82, 2.24) is 20.6 Å². The third kappa shape index (κ3) is 5.28. The summed E-state index contributed by atoms with van der Waals surface area (Å²) in [7, 11) is 1.60. The zero-order valence-corrected chi connectivity index (χ0v) is 24.6. The molecule has 2 aliphatic rings. The highest BCUT2D eigenvalue weighted by Crippen LogP contribution is 2.56. The number of fused-ring (bicyclic) bond motifs is 1. The molecule has 3 atom stereocenters. The zero-order chi connectivity index (χ0) is 28.5. The Balaban J connectivity index is 1.42. The fourth-order valence-corrected chi connectivity index (χ4v) is 6.31. The molecule has 2 saturated carbocycles. The Morgan fingerprint density at radius 3 is 2.45 bits per heavy atom. The maximum absolute atomic E-state index is 14.0. The van der Waals surface area contributed by atoms with E-state index < -0.39 is 11.0 Å². The van der Waals surface area contributed by atoms with Crippen LogP contribution in [0, 0.1) is 11.3 Å². The highest BCUT2D eigenvalue weighted by atomic mass is 16.5. The monoisotopic (exact) mass is 544 g/mol. The maximum atomic E-state index is 14.0. The standard InChI is InChI=1S/C33H44N4O3/c1-6-34-30(39)33(4,23-13-10-14-23)37-29(38)32(3,21-40-5)24-15-16-26-27(19-24)36-28(35-26)20-25(31(2)17-18-31)22-11-8-7-9-12-22/h7-9,11-12,15-16,19,23,25H,6,10,13-14,17-18,20-21H2,1-5H3,(H,34,39)(H,35,36)(H,37,38)/t25-,32?,33?/m1/s1. The van der Waals surface area contributed by atoms with E-state index in [9.17, 15) is 9.59 Å². The van der Waals surface area contributed by atoms with Crippen molar-refractivity contribution in [2.75, 3.05) is 20.3 Å². The number of carbonyl (C=O) groups excluding carboxylic acids is 2. The van der Waals surface area contributed by atoms with Gasteiger partial charge in [0.05, 0.1) is 23.1 Å². The van der Waals surface area contributed by atoms with E-state index in [0.29, 0.717) is 17.9 Å². The molecule has 2 unspecified atom stereocenters. The van der Waals surface area contributed by atoms with Crippen molar-refractivity contribution in [3.05, 3.63) is 65.5 Å². The van der Waals surface area contributed by atoms with Gasteiger partial charge in [-0.3, -0.25) is 9.59 Å². The molecule has 40 heavy (non-hydrogen) atoms. The van der Waals surface area contributed by atoms with Crippen LogP contribution in [0.5, 0.6) is 0 Å². The summed E-state index contributed by atoms with van der Waals surface area (Å²) >= 11 is 0. The lowest BCUT2D eigenvalue weighted by Crippen LogP contribution is -2.65. The van der Waals surface area contributed by atoms with Crippen LogP contribution >= 0.6 is 0 Å². The van der Waals surface area contributed by atoms with Gasteiger partial charge < -0.3 is 20.4 Å². The Labute approximate surface area is 237 Å². The van der Waals surface area contributed by atoms with E-state index in [-0.39, 0.29) is 24.3 Å². The average Bonchev–Trinajstić information content (AvgIpc) is 3.51. The van der Waals surface area contributed by atoms with Gasteiger partial charge in [0.2, 0.25) is 11.8 Å². The minimum atomic E-state index is -0.992. The van der Waals surface area contributed by atoms with Gasteiger partial charge in [-0.2, -0.15) is 0 Å². The smallest absolute Gasteiger partial charge is 0.245 e. The molecular weight excluding hydrogens is 500 g/mol. The van der Waals surface area contributed by atoms with Crippen LogP contribution in [0.25, 0.3) is 11.0 Å². The molecular formula is C33H44N4O3. The predicted molar refractivity (Wildman–Crippen MR) is 158 cm³/mol. The number of carbonyl (C=O) groups is 2. The van der Waals surface area contributed by atoms with E-state index in [4.69, 9.17) is 9.72 Å². The first kappa shape index (κ1) is 28.3. The molecule has 0 spiro atoms. The highest BCUT2D eigenvalue weighted by molar-refractivity contribution is 5.96. The quantitative estimate of drug-likeness (QED) is 0.284. The van der Waals surface area contributed by atoms with Crippen LogP contribution in [-0.2, 0) is 26.2 Å². The molecule has 3 N–H and O–H groups in total. The second-order valence-electron chi connectivity index (χ2n) is 12.6. The lowest BCUT2D eigenvalue weighted by molar-refractivity contribution is -0.140. The molecule has 0 aliphatic heterocycles. The number of nitrogens with one attached hydrogen (secondary N) is 3. The van der Waals surface area contributed by atoms with Gasteiger partial charge in [0.25, 0.3) is 0 Å². The SMILES string of the molecule is CCNC(=O)C(C)(NC(=O)C(C)(COC)c1ccc2[nH]c(C[C@H](c3ccccc3)C3(C)CC3)nc2c1)C1CCC1. The third-order valence-electron chi connectivity index (χ3n) is 9.69. The molecule has 7 nitrogen and oxygen atoms in total. The molecule has 2 aromatic carbocycles. The Kier molecular flexibility index (Phi) is 7.79. The number of aromatic nitrogens is 2. The minimum Gasteiger partial charge on any atom is -0.383 e. The van der Waals surface area contributed by atoms with Gasteiger partial charge in [0.15, 0.2) is 0 Å². The summed E-state index contributed by atoms with van der Waals surface area (Å²) in [5.41, 5.74) is 2.31. The normalized spacial score (nSPS) is 20.1. The van der Waals surface area contributed by atoms with Crippen LogP contribution in [0.3, 0.4) is 0 Å². The molecule has 1 aromatic heterocycles. The summed E-state index contributed by atoms with van der Waals surface area (Å²) in [6, 6.07) is 16.7. The Bertz CT molecular complexity index is 1360. The number of hydrogen-bond donors (Lipinski definition) is 3. The molecule has 214 valence electrons. The first-order valence-corrected chi connectivity index (χ1v) is 14.8.